The molecule has 2 unspecified atom stereocenters. The summed E-state index contributed by atoms with van der Waals surface area (Å²) in [6.45, 7) is 2.66. The first-order valence-corrected chi connectivity index (χ1v) is 7.94. The molecule has 0 radical (unpaired) electrons. The van der Waals surface area contributed by atoms with E-state index in [1.165, 1.54) is 0 Å². The molecule has 2 saturated heterocycles. The van der Waals surface area contributed by atoms with Crippen molar-refractivity contribution >= 4 is 35.8 Å². The molecule has 3 rings (SSSR count). The molecule has 0 bridgehead atoms. The first kappa shape index (κ1) is 18.0. The highest BCUT2D eigenvalue weighted by Crippen LogP contribution is 2.28. The van der Waals surface area contributed by atoms with E-state index >= 15 is 0 Å². The number of halogens is 2. The molecule has 2 heterocycles. The van der Waals surface area contributed by atoms with Gasteiger partial charge >= 0.3 is 0 Å². The van der Waals surface area contributed by atoms with Gasteiger partial charge < -0.3 is 15.1 Å². The van der Waals surface area contributed by atoms with Crippen molar-refractivity contribution in [3.05, 3.63) is 34.9 Å². The highest BCUT2D eigenvalue weighted by molar-refractivity contribution is 6.30. The number of amides is 2. The van der Waals surface area contributed by atoms with Crippen molar-refractivity contribution in [3.8, 4) is 0 Å². The second-order valence-corrected chi connectivity index (χ2v) is 6.42. The summed E-state index contributed by atoms with van der Waals surface area (Å²) in [6.07, 6.45) is 0.321. The van der Waals surface area contributed by atoms with Crippen LogP contribution in [0.2, 0.25) is 5.02 Å². The third-order valence-corrected chi connectivity index (χ3v) is 4.69. The van der Waals surface area contributed by atoms with Gasteiger partial charge in [-0.25, -0.2) is 0 Å². The van der Waals surface area contributed by atoms with Crippen LogP contribution in [0.5, 0.6) is 0 Å². The van der Waals surface area contributed by atoms with Gasteiger partial charge in [0.15, 0.2) is 0 Å². The van der Waals surface area contributed by atoms with E-state index < -0.39 is 0 Å². The van der Waals surface area contributed by atoms with Gasteiger partial charge in [0.05, 0.1) is 12.0 Å². The molecular formula is C16H21Cl2N3O2. The lowest BCUT2D eigenvalue weighted by atomic mass is 9.99. The molecule has 7 heteroatoms. The van der Waals surface area contributed by atoms with Crippen molar-refractivity contribution in [2.75, 3.05) is 33.2 Å². The number of nitrogens with zero attached hydrogens (tertiary/aromatic N) is 2. The summed E-state index contributed by atoms with van der Waals surface area (Å²) in [6, 6.07) is 7.61. The molecule has 2 atom stereocenters. The topological polar surface area (TPSA) is 52.7 Å². The molecule has 1 aromatic carbocycles. The number of carbonyl (C=O) groups excluding carboxylic acids is 2. The summed E-state index contributed by atoms with van der Waals surface area (Å²) < 4.78 is 0. The fourth-order valence-corrected chi connectivity index (χ4v) is 3.44. The van der Waals surface area contributed by atoms with Crippen molar-refractivity contribution in [3.63, 3.8) is 0 Å². The van der Waals surface area contributed by atoms with E-state index in [-0.39, 0.29) is 36.2 Å². The predicted molar refractivity (Wildman–Crippen MR) is 91.8 cm³/mol. The van der Waals surface area contributed by atoms with Crippen molar-refractivity contribution in [2.24, 2.45) is 5.92 Å². The molecular weight excluding hydrogens is 337 g/mol. The van der Waals surface area contributed by atoms with Crippen molar-refractivity contribution in [1.29, 1.82) is 0 Å². The number of piperazine rings is 1. The van der Waals surface area contributed by atoms with Crippen LogP contribution in [0.4, 0.5) is 0 Å². The van der Waals surface area contributed by atoms with Crippen LogP contribution in [0.3, 0.4) is 0 Å². The second kappa shape index (κ2) is 7.51. The van der Waals surface area contributed by atoms with Crippen LogP contribution in [0.15, 0.2) is 24.3 Å². The van der Waals surface area contributed by atoms with E-state index in [1.807, 2.05) is 29.2 Å². The number of benzene rings is 1. The standard InChI is InChI=1S/C16H20ClN3O2.ClH/c1-19-10-12(8-15(19)21)16(22)20-6-5-18-9-14(20)11-3-2-4-13(17)7-11;/h2-4,7,12,14,18H,5-6,8-10H2,1H3;1H. The van der Waals surface area contributed by atoms with Gasteiger partial charge in [0.2, 0.25) is 11.8 Å². The summed E-state index contributed by atoms with van der Waals surface area (Å²) >= 11 is 6.08. The highest BCUT2D eigenvalue weighted by Gasteiger charge is 2.38. The van der Waals surface area contributed by atoms with Gasteiger partial charge in [-0.1, -0.05) is 23.7 Å². The van der Waals surface area contributed by atoms with Crippen LogP contribution < -0.4 is 5.32 Å². The largest absolute Gasteiger partial charge is 0.345 e. The average molecular weight is 358 g/mol. The minimum absolute atomic E-state index is 0. The Morgan fingerprint density at radius 1 is 1.39 bits per heavy atom. The molecule has 1 N–H and O–H groups in total. The van der Waals surface area contributed by atoms with Gasteiger partial charge in [0.1, 0.15) is 0 Å². The zero-order valence-electron chi connectivity index (χ0n) is 13.0. The Morgan fingerprint density at radius 2 is 2.17 bits per heavy atom. The van der Waals surface area contributed by atoms with Crippen LogP contribution in [-0.2, 0) is 9.59 Å². The van der Waals surface area contributed by atoms with Gasteiger partial charge in [-0.05, 0) is 17.7 Å². The molecule has 2 aliphatic rings. The first-order valence-electron chi connectivity index (χ1n) is 7.57. The Balaban J connectivity index is 0.00000192. The number of nitrogens with one attached hydrogen (secondary N) is 1. The average Bonchev–Trinajstić information content (AvgIpc) is 2.86. The molecule has 0 aliphatic carbocycles. The van der Waals surface area contributed by atoms with Gasteiger partial charge in [0, 0.05) is 44.7 Å². The Kier molecular flexibility index (Phi) is 5.89. The molecule has 2 aliphatic heterocycles. The molecule has 5 nitrogen and oxygen atoms in total. The van der Waals surface area contributed by atoms with Crippen LogP contribution >= 0.6 is 24.0 Å². The molecule has 23 heavy (non-hydrogen) atoms. The third-order valence-electron chi connectivity index (χ3n) is 4.45. The normalized spacial score (nSPS) is 24.5. The lowest BCUT2D eigenvalue weighted by Crippen LogP contribution is -2.50. The van der Waals surface area contributed by atoms with Gasteiger partial charge in [0.25, 0.3) is 0 Å². The zero-order chi connectivity index (χ0) is 15.7. The molecule has 1 aromatic rings. The Bertz CT molecular complexity index is 596. The smallest absolute Gasteiger partial charge is 0.228 e. The first-order chi connectivity index (χ1) is 10.6. The molecule has 2 amide bonds. The number of carbonyl (C=O) groups is 2. The van der Waals surface area contributed by atoms with Crippen LogP contribution in [0.25, 0.3) is 0 Å². The number of likely N-dealkylation sites (tertiary alicyclic amines) is 1. The van der Waals surface area contributed by atoms with E-state index in [4.69, 9.17) is 11.6 Å². The number of hydrogen-bond donors (Lipinski definition) is 1. The van der Waals surface area contributed by atoms with E-state index in [0.29, 0.717) is 31.1 Å². The van der Waals surface area contributed by atoms with E-state index in [2.05, 4.69) is 5.32 Å². The summed E-state index contributed by atoms with van der Waals surface area (Å²) in [4.78, 5) is 28.1. The Hall–Kier alpha value is -1.30. The highest BCUT2D eigenvalue weighted by atomic mass is 35.5. The minimum Gasteiger partial charge on any atom is -0.345 e. The molecule has 126 valence electrons. The van der Waals surface area contributed by atoms with Crippen LogP contribution in [-0.4, -0.2) is 54.8 Å². The summed E-state index contributed by atoms with van der Waals surface area (Å²) in [5, 5.41) is 4.00. The maximum Gasteiger partial charge on any atom is 0.228 e. The summed E-state index contributed by atoms with van der Waals surface area (Å²) in [5.41, 5.74) is 1.03. The zero-order valence-corrected chi connectivity index (χ0v) is 14.6. The number of hydrogen-bond acceptors (Lipinski definition) is 3. The minimum atomic E-state index is -0.225. The van der Waals surface area contributed by atoms with E-state index in [9.17, 15) is 9.59 Å². The van der Waals surface area contributed by atoms with Gasteiger partial charge in [-0.15, -0.1) is 12.4 Å². The second-order valence-electron chi connectivity index (χ2n) is 5.98. The summed E-state index contributed by atoms with van der Waals surface area (Å²) in [5.74, 6) is -0.103. The van der Waals surface area contributed by atoms with Gasteiger partial charge in [-0.3, -0.25) is 9.59 Å². The molecule has 2 fully saturated rings. The van der Waals surface area contributed by atoms with Crippen LogP contribution in [0, 0.1) is 5.92 Å². The maximum absolute atomic E-state index is 12.8. The predicted octanol–water partition coefficient (Wildman–Crippen LogP) is 1.71. The van der Waals surface area contributed by atoms with Crippen LogP contribution in [0.1, 0.15) is 18.0 Å². The molecule has 0 spiro atoms. The monoisotopic (exact) mass is 357 g/mol. The third kappa shape index (κ3) is 3.79. The Morgan fingerprint density at radius 3 is 2.83 bits per heavy atom. The van der Waals surface area contributed by atoms with E-state index in [1.54, 1.807) is 11.9 Å². The number of rotatable bonds is 2. The molecule has 0 aromatic heterocycles. The quantitative estimate of drug-likeness (QED) is 0.876. The van der Waals surface area contributed by atoms with Crippen molar-refractivity contribution in [2.45, 2.75) is 12.5 Å². The van der Waals surface area contributed by atoms with Crippen molar-refractivity contribution in [1.82, 2.24) is 15.1 Å². The SMILES string of the molecule is CN1CC(C(=O)N2CCNCC2c2cccc(Cl)c2)CC1=O.Cl. The Labute approximate surface area is 147 Å². The van der Waals surface area contributed by atoms with Gasteiger partial charge in [-0.2, -0.15) is 0 Å². The lowest BCUT2D eigenvalue weighted by molar-refractivity contribution is -0.139. The van der Waals surface area contributed by atoms with E-state index in [0.717, 1.165) is 12.1 Å². The maximum atomic E-state index is 12.8. The molecule has 0 saturated carbocycles. The fourth-order valence-electron chi connectivity index (χ4n) is 3.24. The lowest BCUT2D eigenvalue weighted by Gasteiger charge is -2.38. The summed E-state index contributed by atoms with van der Waals surface area (Å²) in [7, 11) is 1.75. The van der Waals surface area contributed by atoms with Crippen molar-refractivity contribution < 1.29 is 9.59 Å². The fraction of sp³-hybridized carbons (Fsp3) is 0.500.